The van der Waals surface area contributed by atoms with Gasteiger partial charge in [-0.3, -0.25) is 9.98 Å². The highest BCUT2D eigenvalue weighted by Crippen LogP contribution is 2.33. The maximum atomic E-state index is 14.0. The molecule has 0 aliphatic carbocycles. The number of pyridine rings is 1. The van der Waals surface area contributed by atoms with Crippen LogP contribution in [0.3, 0.4) is 0 Å². The van der Waals surface area contributed by atoms with E-state index in [9.17, 15) is 4.39 Å². The number of aliphatic imine (C=N–C) groups is 1. The van der Waals surface area contributed by atoms with Crippen molar-refractivity contribution in [3.05, 3.63) is 47.8 Å². The van der Waals surface area contributed by atoms with Gasteiger partial charge in [0.25, 0.3) is 0 Å². The van der Waals surface area contributed by atoms with E-state index < -0.39 is 0 Å². The van der Waals surface area contributed by atoms with E-state index in [4.69, 9.17) is 15.5 Å². The summed E-state index contributed by atoms with van der Waals surface area (Å²) in [6.07, 6.45) is 6.95. The molecule has 1 saturated heterocycles. The van der Waals surface area contributed by atoms with Crippen LogP contribution in [0.5, 0.6) is 0 Å². The lowest BCUT2D eigenvalue weighted by Crippen LogP contribution is -2.26. The van der Waals surface area contributed by atoms with E-state index in [-0.39, 0.29) is 18.0 Å². The minimum absolute atomic E-state index is 0.166. The van der Waals surface area contributed by atoms with Crippen LogP contribution in [0.2, 0.25) is 0 Å². The summed E-state index contributed by atoms with van der Waals surface area (Å²) in [4.78, 5) is 13.7. The number of nitrogens with zero attached hydrogens (tertiary/aromatic N) is 4. The lowest BCUT2D eigenvalue weighted by Gasteiger charge is -2.30. The van der Waals surface area contributed by atoms with Crippen LogP contribution in [0.4, 0.5) is 4.39 Å². The maximum Gasteiger partial charge on any atom is 0.131 e. The number of allylic oxidation sites excluding steroid dienone is 1. The highest BCUT2D eigenvalue weighted by molar-refractivity contribution is 6.02. The Morgan fingerprint density at radius 1 is 1.43 bits per heavy atom. The monoisotopic (exact) mass is 381 g/mol. The first-order valence-corrected chi connectivity index (χ1v) is 9.52. The number of halogens is 1. The van der Waals surface area contributed by atoms with E-state index in [2.05, 4.69) is 21.5 Å². The van der Waals surface area contributed by atoms with Gasteiger partial charge in [-0.15, -0.1) is 0 Å². The zero-order valence-electron chi connectivity index (χ0n) is 16.1. The van der Waals surface area contributed by atoms with Crippen molar-refractivity contribution in [1.29, 1.82) is 0 Å². The highest BCUT2D eigenvalue weighted by atomic mass is 19.1. The summed E-state index contributed by atoms with van der Waals surface area (Å²) in [6, 6.07) is 4.91. The summed E-state index contributed by atoms with van der Waals surface area (Å²) >= 11 is 0. The Labute approximate surface area is 162 Å². The Morgan fingerprint density at radius 2 is 2.29 bits per heavy atom. The van der Waals surface area contributed by atoms with Crippen molar-refractivity contribution >= 4 is 28.2 Å². The SMILES string of the molecule is CC(C=NCc1nc2cnc3ccc(F)cc3c2n1C1CCO[C@H](C)C1)=CN. The predicted octanol–water partition coefficient (Wildman–Crippen LogP) is 3.90. The molecule has 6 nitrogen and oxygen atoms in total. The van der Waals surface area contributed by atoms with Gasteiger partial charge in [-0.1, -0.05) is 0 Å². The molecule has 1 aromatic carbocycles. The second-order valence-corrected chi connectivity index (χ2v) is 7.29. The normalized spacial score (nSPS) is 21.2. The van der Waals surface area contributed by atoms with Crippen molar-refractivity contribution in [2.75, 3.05) is 6.61 Å². The van der Waals surface area contributed by atoms with Gasteiger partial charge in [0.1, 0.15) is 17.2 Å². The van der Waals surface area contributed by atoms with E-state index >= 15 is 0 Å². The Balaban J connectivity index is 1.89. The van der Waals surface area contributed by atoms with Crippen LogP contribution >= 0.6 is 0 Å². The first-order valence-electron chi connectivity index (χ1n) is 9.52. The van der Waals surface area contributed by atoms with E-state index in [1.165, 1.54) is 12.3 Å². The molecule has 0 amide bonds. The summed E-state index contributed by atoms with van der Waals surface area (Å²) in [6.45, 7) is 5.09. The second kappa shape index (κ2) is 7.67. The number of hydrogen-bond donors (Lipinski definition) is 1. The number of aromatic nitrogens is 3. The quantitative estimate of drug-likeness (QED) is 0.695. The lowest BCUT2D eigenvalue weighted by molar-refractivity contribution is 0.00627. The third-order valence-electron chi connectivity index (χ3n) is 5.16. The molecule has 4 rings (SSSR count). The summed E-state index contributed by atoms with van der Waals surface area (Å²) in [7, 11) is 0. The van der Waals surface area contributed by atoms with Gasteiger partial charge in [0.15, 0.2) is 0 Å². The molecule has 0 saturated carbocycles. The average molecular weight is 381 g/mol. The molecule has 2 atom stereocenters. The van der Waals surface area contributed by atoms with E-state index in [0.29, 0.717) is 13.2 Å². The van der Waals surface area contributed by atoms with Gasteiger partial charge in [0.2, 0.25) is 0 Å². The molecule has 1 unspecified atom stereocenters. The number of rotatable bonds is 4. The van der Waals surface area contributed by atoms with Crippen LogP contribution < -0.4 is 5.73 Å². The van der Waals surface area contributed by atoms with Crippen molar-refractivity contribution < 1.29 is 9.13 Å². The van der Waals surface area contributed by atoms with Crippen LogP contribution in [0.1, 0.15) is 38.6 Å². The van der Waals surface area contributed by atoms with Crippen molar-refractivity contribution in [2.45, 2.75) is 45.4 Å². The molecule has 2 N–H and O–H groups in total. The van der Waals surface area contributed by atoms with Gasteiger partial charge in [-0.25, -0.2) is 9.37 Å². The third kappa shape index (κ3) is 3.49. The smallest absolute Gasteiger partial charge is 0.131 e. The first-order chi connectivity index (χ1) is 13.6. The van der Waals surface area contributed by atoms with Crippen molar-refractivity contribution in [1.82, 2.24) is 14.5 Å². The molecule has 7 heteroatoms. The first kappa shape index (κ1) is 18.6. The molecule has 0 bridgehead atoms. The number of ether oxygens (including phenoxy) is 1. The third-order valence-corrected chi connectivity index (χ3v) is 5.16. The molecule has 3 heterocycles. The molecule has 0 spiro atoms. The largest absolute Gasteiger partial charge is 0.404 e. The van der Waals surface area contributed by atoms with Crippen molar-refractivity contribution in [3.63, 3.8) is 0 Å². The second-order valence-electron chi connectivity index (χ2n) is 7.29. The average Bonchev–Trinajstić information content (AvgIpc) is 3.06. The number of hydrogen-bond acceptors (Lipinski definition) is 5. The molecule has 1 fully saturated rings. The topological polar surface area (TPSA) is 78.3 Å². The summed E-state index contributed by atoms with van der Waals surface area (Å²) < 4.78 is 22.0. The number of fused-ring (bicyclic) bond motifs is 3. The molecule has 3 aromatic rings. The van der Waals surface area contributed by atoms with Gasteiger partial charge in [-0.05, 0) is 56.7 Å². The minimum atomic E-state index is -0.279. The fraction of sp³-hybridized carbons (Fsp3) is 0.381. The van der Waals surface area contributed by atoms with Crippen LogP contribution in [0.15, 0.2) is 41.2 Å². The van der Waals surface area contributed by atoms with E-state index in [1.54, 1.807) is 24.5 Å². The fourth-order valence-electron chi connectivity index (χ4n) is 3.83. The van der Waals surface area contributed by atoms with Crippen LogP contribution in [0, 0.1) is 5.82 Å². The number of nitrogens with two attached hydrogens (primary N) is 1. The molecule has 28 heavy (non-hydrogen) atoms. The molecule has 2 aromatic heterocycles. The molecule has 146 valence electrons. The van der Waals surface area contributed by atoms with E-state index in [1.807, 2.05) is 6.92 Å². The van der Waals surface area contributed by atoms with E-state index in [0.717, 1.165) is 46.2 Å². The minimum Gasteiger partial charge on any atom is -0.404 e. The van der Waals surface area contributed by atoms with Gasteiger partial charge < -0.3 is 15.0 Å². The zero-order chi connectivity index (χ0) is 19.7. The van der Waals surface area contributed by atoms with Crippen molar-refractivity contribution in [3.8, 4) is 0 Å². The molecule has 1 aliphatic heterocycles. The van der Waals surface area contributed by atoms with Gasteiger partial charge in [0.05, 0.1) is 29.9 Å². The molecular formula is C21H24FN5O. The maximum absolute atomic E-state index is 14.0. The summed E-state index contributed by atoms with van der Waals surface area (Å²) in [5, 5.41) is 0.775. The highest BCUT2D eigenvalue weighted by Gasteiger charge is 2.26. The molecule has 1 aliphatic rings. The van der Waals surface area contributed by atoms with Gasteiger partial charge in [-0.2, -0.15) is 0 Å². The lowest BCUT2D eigenvalue weighted by atomic mass is 10.0. The zero-order valence-corrected chi connectivity index (χ0v) is 16.1. The predicted molar refractivity (Wildman–Crippen MR) is 109 cm³/mol. The number of benzene rings is 1. The number of imidazole rings is 1. The Morgan fingerprint density at radius 3 is 3.07 bits per heavy atom. The Bertz CT molecular complexity index is 1070. The summed E-state index contributed by atoms with van der Waals surface area (Å²) in [5.41, 5.74) is 8.84. The molecule has 0 radical (unpaired) electrons. The van der Waals surface area contributed by atoms with Crippen molar-refractivity contribution in [2.24, 2.45) is 10.7 Å². The standard InChI is InChI=1S/C21H24FN5O/c1-13(9-23)10-24-12-20-26-19-11-25-18-4-3-15(22)8-17(18)21(19)27(20)16-5-6-28-14(2)7-16/h3-4,8-11,14,16H,5-7,12,23H2,1-2H3/t14-,16?/m1/s1. The van der Waals surface area contributed by atoms with Gasteiger partial charge >= 0.3 is 0 Å². The molecular weight excluding hydrogens is 357 g/mol. The fourth-order valence-corrected chi connectivity index (χ4v) is 3.83. The Hall–Kier alpha value is -2.80. The Kier molecular flexibility index (Phi) is 5.09. The van der Waals surface area contributed by atoms with Gasteiger partial charge in [0, 0.05) is 24.2 Å². The van der Waals surface area contributed by atoms with Crippen LogP contribution in [-0.4, -0.2) is 33.5 Å². The summed E-state index contributed by atoms with van der Waals surface area (Å²) in [5.74, 6) is 0.562. The van der Waals surface area contributed by atoms with Crippen LogP contribution in [0.25, 0.3) is 21.9 Å². The van der Waals surface area contributed by atoms with Crippen LogP contribution in [-0.2, 0) is 11.3 Å².